The number of para-hydroxylation sites is 1. The molecule has 42 heavy (non-hydrogen) atoms. The van der Waals surface area contributed by atoms with Gasteiger partial charge in [-0.15, -0.1) is 0 Å². The van der Waals surface area contributed by atoms with Crippen LogP contribution in [0, 0.1) is 18.7 Å². The molecule has 3 N–H and O–H groups in total. The smallest absolute Gasteiger partial charge is 0.240 e. The zero-order chi connectivity index (χ0) is 30.5. The Balaban J connectivity index is 0.000000414. The number of ether oxygens (including phenoxy) is 1. The molecule has 3 amide bonds. The minimum Gasteiger partial charge on any atom is -0.489 e. The molecule has 2 atom stereocenters. The number of benzene rings is 2. The van der Waals surface area contributed by atoms with Gasteiger partial charge in [0.15, 0.2) is 0 Å². The minimum absolute atomic E-state index is 0.00126. The number of fused-ring (bicyclic) bond motifs is 1. The van der Waals surface area contributed by atoms with Crippen LogP contribution in [0.3, 0.4) is 0 Å². The summed E-state index contributed by atoms with van der Waals surface area (Å²) in [7, 11) is 1.64. The van der Waals surface area contributed by atoms with Gasteiger partial charge in [-0.2, -0.15) is 0 Å². The maximum absolute atomic E-state index is 13.1. The van der Waals surface area contributed by atoms with Crippen molar-refractivity contribution < 1.29 is 23.5 Å². The lowest BCUT2D eigenvalue weighted by Gasteiger charge is -2.27. The van der Waals surface area contributed by atoms with Gasteiger partial charge in [-0.3, -0.25) is 14.4 Å². The molecule has 2 heterocycles. The lowest BCUT2D eigenvalue weighted by Crippen LogP contribution is -2.51. The first-order valence-corrected chi connectivity index (χ1v) is 15.3. The predicted molar refractivity (Wildman–Crippen MR) is 163 cm³/mol. The van der Waals surface area contributed by atoms with E-state index in [-0.39, 0.29) is 48.8 Å². The van der Waals surface area contributed by atoms with Crippen LogP contribution < -0.4 is 20.7 Å². The van der Waals surface area contributed by atoms with Gasteiger partial charge in [-0.05, 0) is 81.0 Å². The second kappa shape index (κ2) is 16.9. The summed E-state index contributed by atoms with van der Waals surface area (Å²) in [5.74, 6) is 0.467. The number of nitrogens with one attached hydrogen (secondary N) is 3. The molecular weight excluding hydrogens is 535 g/mol. The van der Waals surface area contributed by atoms with E-state index < -0.39 is 0 Å². The van der Waals surface area contributed by atoms with Gasteiger partial charge < -0.3 is 25.6 Å². The molecule has 1 fully saturated rings. The van der Waals surface area contributed by atoms with Crippen molar-refractivity contribution in [1.29, 1.82) is 0 Å². The Morgan fingerprint density at radius 1 is 0.881 bits per heavy atom. The summed E-state index contributed by atoms with van der Waals surface area (Å²) in [4.78, 5) is 38.8. The first kappa shape index (κ1) is 33.0. The number of carbonyl (C=O) groups excluding carboxylic acids is 3. The second-order valence-electron chi connectivity index (χ2n) is 11.0. The fraction of sp³-hybridized carbons (Fsp3) is 0.545. The van der Waals surface area contributed by atoms with E-state index in [1.54, 1.807) is 19.2 Å². The molecule has 2 bridgehead atoms. The summed E-state index contributed by atoms with van der Waals surface area (Å²) in [6.45, 7) is 6.92. The number of carbonyl (C=O) groups is 3. The van der Waals surface area contributed by atoms with Crippen LogP contribution >= 0.6 is 0 Å². The lowest BCUT2D eigenvalue weighted by molar-refractivity contribution is -0.137. The predicted octanol–water partition coefficient (Wildman–Crippen LogP) is 3.94. The highest BCUT2D eigenvalue weighted by atomic mass is 19.1. The van der Waals surface area contributed by atoms with Crippen molar-refractivity contribution in [2.45, 2.75) is 77.9 Å². The molecule has 0 spiro atoms. The number of rotatable bonds is 1. The number of hydrogen-bond acceptors (Lipinski definition) is 5. The van der Waals surface area contributed by atoms with Crippen molar-refractivity contribution in [2.24, 2.45) is 5.92 Å². The molecule has 2 unspecified atom stereocenters. The van der Waals surface area contributed by atoms with E-state index in [0.717, 1.165) is 61.8 Å². The quantitative estimate of drug-likeness (QED) is 0.473. The van der Waals surface area contributed by atoms with Crippen LogP contribution in [0.15, 0.2) is 42.5 Å². The van der Waals surface area contributed by atoms with Gasteiger partial charge in [-0.25, -0.2) is 4.39 Å². The van der Waals surface area contributed by atoms with Crippen LogP contribution in [0.2, 0.25) is 0 Å². The van der Waals surface area contributed by atoms with Crippen molar-refractivity contribution in [2.75, 3.05) is 33.2 Å². The average Bonchev–Trinajstić information content (AvgIpc) is 3.84. The number of aryl methyl sites for hydroxylation is 3. The normalized spacial score (nSPS) is 21.8. The van der Waals surface area contributed by atoms with Crippen LogP contribution in [0.5, 0.6) is 5.75 Å². The summed E-state index contributed by atoms with van der Waals surface area (Å²) in [5, 5.41) is 8.93. The molecule has 9 heteroatoms. The number of halogens is 1. The highest BCUT2D eigenvalue weighted by Crippen LogP contribution is 2.34. The van der Waals surface area contributed by atoms with Gasteiger partial charge in [0, 0.05) is 20.1 Å². The molecule has 5 rings (SSSR count). The Kier molecular flexibility index (Phi) is 13.3. The molecule has 8 nitrogen and oxygen atoms in total. The summed E-state index contributed by atoms with van der Waals surface area (Å²) >= 11 is 0. The fourth-order valence-corrected chi connectivity index (χ4v) is 5.08. The van der Waals surface area contributed by atoms with Crippen LogP contribution in [0.25, 0.3) is 0 Å². The average molecular weight is 583 g/mol. The van der Waals surface area contributed by atoms with Crippen LogP contribution in [-0.4, -0.2) is 68.0 Å². The van der Waals surface area contributed by atoms with Gasteiger partial charge in [0.25, 0.3) is 0 Å². The van der Waals surface area contributed by atoms with Gasteiger partial charge in [0.2, 0.25) is 17.7 Å². The Morgan fingerprint density at radius 3 is 2.19 bits per heavy atom. The Hall–Kier alpha value is -3.46. The third-order valence-electron chi connectivity index (χ3n) is 7.52. The van der Waals surface area contributed by atoms with Crippen LogP contribution in [0.4, 0.5) is 4.39 Å². The van der Waals surface area contributed by atoms with E-state index in [1.807, 2.05) is 20.8 Å². The third kappa shape index (κ3) is 10.4. The summed E-state index contributed by atoms with van der Waals surface area (Å²) in [6, 6.07) is 12.4. The number of amides is 3. The third-order valence-corrected chi connectivity index (χ3v) is 7.52. The van der Waals surface area contributed by atoms with E-state index in [4.69, 9.17) is 4.74 Å². The standard InChI is InChI=1S/C24H34N4O4.C7H7F.C2H6/c1-28-15-21(30)26-14-20(29)25-12-4-8-18-6-2-5-17-7-3-9-19(32-23(17)18)13-27-22(24(28)31)16-10-11-16;1-6-2-4-7(8)5-3-6;1-2/h2,5-6,16,19,22,27H,3-4,7-15H2,1H3,(H,25,29)(H,26,30);2-5H,1H3;1-2H3. The molecule has 2 aromatic rings. The second-order valence-corrected chi connectivity index (χ2v) is 11.0. The monoisotopic (exact) mass is 582 g/mol. The molecule has 1 aliphatic carbocycles. The molecule has 1 saturated carbocycles. The molecule has 2 aromatic carbocycles. The molecular formula is C33H47FN4O4. The summed E-state index contributed by atoms with van der Waals surface area (Å²) in [6.07, 6.45) is 6.59. The van der Waals surface area contributed by atoms with Crippen LogP contribution in [0.1, 0.15) is 62.6 Å². The Morgan fingerprint density at radius 2 is 1.55 bits per heavy atom. The SMILES string of the molecule is CC.CN1CC(=O)NCC(=O)NCCCc2cccc3c2OC(CCC3)CNC(C2CC2)C1=O.Cc1ccc(F)cc1. The molecule has 0 aromatic heterocycles. The maximum Gasteiger partial charge on any atom is 0.240 e. The molecule has 2 aliphatic heterocycles. The molecule has 0 saturated heterocycles. The van der Waals surface area contributed by atoms with Gasteiger partial charge in [-0.1, -0.05) is 49.7 Å². The molecule has 0 radical (unpaired) electrons. The van der Waals surface area contributed by atoms with Crippen molar-refractivity contribution in [3.8, 4) is 5.75 Å². The zero-order valence-electron chi connectivity index (χ0n) is 25.5. The highest BCUT2D eigenvalue weighted by Gasteiger charge is 2.38. The number of hydrogen-bond donors (Lipinski definition) is 3. The van der Waals surface area contributed by atoms with Crippen molar-refractivity contribution >= 4 is 17.7 Å². The van der Waals surface area contributed by atoms with Crippen molar-refractivity contribution in [3.05, 3.63) is 65.0 Å². The van der Waals surface area contributed by atoms with E-state index >= 15 is 0 Å². The van der Waals surface area contributed by atoms with E-state index in [9.17, 15) is 18.8 Å². The van der Waals surface area contributed by atoms with Gasteiger partial charge >= 0.3 is 0 Å². The Bertz CT molecular complexity index is 1150. The number of likely N-dealkylation sites (N-methyl/N-ethyl adjacent to an activating group) is 1. The van der Waals surface area contributed by atoms with Gasteiger partial charge in [0.1, 0.15) is 17.7 Å². The van der Waals surface area contributed by atoms with Crippen molar-refractivity contribution in [3.63, 3.8) is 0 Å². The first-order valence-electron chi connectivity index (χ1n) is 15.3. The fourth-order valence-electron chi connectivity index (χ4n) is 5.08. The number of nitrogens with zero attached hydrogens (tertiary/aromatic N) is 1. The maximum atomic E-state index is 13.1. The van der Waals surface area contributed by atoms with E-state index in [2.05, 4.69) is 34.1 Å². The first-order chi connectivity index (χ1) is 20.3. The minimum atomic E-state index is -0.333. The van der Waals surface area contributed by atoms with Crippen molar-refractivity contribution in [1.82, 2.24) is 20.9 Å². The van der Waals surface area contributed by atoms with Gasteiger partial charge in [0.05, 0.1) is 19.1 Å². The Labute approximate surface area is 249 Å². The van der Waals surface area contributed by atoms with E-state index in [0.29, 0.717) is 19.0 Å². The molecule has 3 aliphatic rings. The zero-order valence-corrected chi connectivity index (χ0v) is 25.5. The lowest BCUT2D eigenvalue weighted by atomic mass is 10.0. The summed E-state index contributed by atoms with van der Waals surface area (Å²) < 4.78 is 18.6. The van der Waals surface area contributed by atoms with E-state index in [1.165, 1.54) is 22.6 Å². The molecule has 230 valence electrons. The van der Waals surface area contributed by atoms with Crippen LogP contribution in [-0.2, 0) is 27.2 Å². The highest BCUT2D eigenvalue weighted by molar-refractivity contribution is 5.89. The topological polar surface area (TPSA) is 99.8 Å². The largest absolute Gasteiger partial charge is 0.489 e. The summed E-state index contributed by atoms with van der Waals surface area (Å²) in [5.41, 5.74) is 3.49.